The van der Waals surface area contributed by atoms with Gasteiger partial charge in [0.15, 0.2) is 11.6 Å². The second kappa shape index (κ2) is 6.97. The van der Waals surface area contributed by atoms with Crippen LogP contribution in [-0.2, 0) is 10.0 Å². The summed E-state index contributed by atoms with van der Waals surface area (Å²) in [5, 5.41) is 0. The molecule has 0 spiro atoms. The second-order valence-corrected chi connectivity index (χ2v) is 7.58. The van der Waals surface area contributed by atoms with Gasteiger partial charge in [-0.3, -0.25) is 0 Å². The third-order valence-electron chi connectivity index (χ3n) is 4.19. The van der Waals surface area contributed by atoms with Gasteiger partial charge in [0, 0.05) is 26.2 Å². The molecule has 0 unspecified atom stereocenters. The highest BCUT2D eigenvalue weighted by atomic mass is 32.2. The van der Waals surface area contributed by atoms with Gasteiger partial charge in [-0.05, 0) is 30.3 Å². The van der Waals surface area contributed by atoms with E-state index in [0.29, 0.717) is 13.1 Å². The van der Waals surface area contributed by atoms with Gasteiger partial charge in [0.1, 0.15) is 5.75 Å². The van der Waals surface area contributed by atoms with Gasteiger partial charge in [-0.25, -0.2) is 17.2 Å². The molecule has 1 aliphatic heterocycles. The van der Waals surface area contributed by atoms with Gasteiger partial charge >= 0.3 is 0 Å². The van der Waals surface area contributed by atoms with E-state index in [4.69, 9.17) is 4.74 Å². The van der Waals surface area contributed by atoms with E-state index in [1.165, 1.54) is 4.31 Å². The Balaban J connectivity index is 1.76. The number of benzene rings is 2. The van der Waals surface area contributed by atoms with E-state index in [1.807, 2.05) is 29.2 Å². The Bertz CT molecular complexity index is 866. The summed E-state index contributed by atoms with van der Waals surface area (Å²) in [7, 11) is -2.27. The Hall–Kier alpha value is -2.19. The first-order valence-electron chi connectivity index (χ1n) is 7.76. The van der Waals surface area contributed by atoms with E-state index < -0.39 is 21.7 Å². The fourth-order valence-electron chi connectivity index (χ4n) is 2.85. The average Bonchev–Trinajstić information content (AvgIpc) is 2.64. The Morgan fingerprint density at radius 3 is 2.28 bits per heavy atom. The first-order chi connectivity index (χ1) is 11.9. The van der Waals surface area contributed by atoms with E-state index in [-0.39, 0.29) is 18.0 Å². The molecule has 0 N–H and O–H groups in total. The highest BCUT2D eigenvalue weighted by molar-refractivity contribution is 7.89. The topological polar surface area (TPSA) is 49.9 Å². The van der Waals surface area contributed by atoms with Crippen LogP contribution in [0.15, 0.2) is 47.4 Å². The molecule has 2 aromatic rings. The molecule has 0 aliphatic carbocycles. The number of halogens is 2. The van der Waals surface area contributed by atoms with Crippen LogP contribution in [0.1, 0.15) is 0 Å². The van der Waals surface area contributed by atoms with Crippen molar-refractivity contribution in [2.75, 3.05) is 38.2 Å². The molecule has 0 aromatic heterocycles. The van der Waals surface area contributed by atoms with E-state index in [0.717, 1.165) is 29.6 Å². The number of para-hydroxylation sites is 2. The third-order valence-corrected chi connectivity index (χ3v) is 6.09. The van der Waals surface area contributed by atoms with Crippen molar-refractivity contribution in [2.45, 2.75) is 4.90 Å². The maximum absolute atomic E-state index is 13.4. The van der Waals surface area contributed by atoms with Crippen molar-refractivity contribution >= 4 is 15.7 Å². The van der Waals surface area contributed by atoms with Gasteiger partial charge < -0.3 is 9.64 Å². The Kier molecular flexibility index (Phi) is 4.91. The molecule has 1 fully saturated rings. The first kappa shape index (κ1) is 17.6. The zero-order valence-corrected chi connectivity index (χ0v) is 14.5. The number of methoxy groups -OCH3 is 1. The monoisotopic (exact) mass is 368 g/mol. The molecule has 8 heteroatoms. The fraction of sp³-hybridized carbons (Fsp3) is 0.294. The SMILES string of the molecule is COc1ccccc1N1CCN(S(=O)(=O)c2ccc(F)c(F)c2)CC1. The highest BCUT2D eigenvalue weighted by Crippen LogP contribution is 2.29. The van der Waals surface area contributed by atoms with Crippen LogP contribution in [0.2, 0.25) is 0 Å². The van der Waals surface area contributed by atoms with Crippen molar-refractivity contribution in [1.82, 2.24) is 4.31 Å². The van der Waals surface area contributed by atoms with Crippen LogP contribution in [0.3, 0.4) is 0 Å². The summed E-state index contributed by atoms with van der Waals surface area (Å²) in [4.78, 5) is 1.80. The van der Waals surface area contributed by atoms with Crippen molar-refractivity contribution in [2.24, 2.45) is 0 Å². The number of ether oxygens (including phenoxy) is 1. The van der Waals surface area contributed by atoms with Crippen molar-refractivity contribution in [3.05, 3.63) is 54.1 Å². The highest BCUT2D eigenvalue weighted by Gasteiger charge is 2.29. The molecule has 2 aromatic carbocycles. The maximum Gasteiger partial charge on any atom is 0.243 e. The lowest BCUT2D eigenvalue weighted by Crippen LogP contribution is -2.48. The molecule has 0 saturated carbocycles. The fourth-order valence-corrected chi connectivity index (χ4v) is 4.28. The van der Waals surface area contributed by atoms with Crippen LogP contribution in [0.4, 0.5) is 14.5 Å². The molecular formula is C17H18F2N2O3S. The third kappa shape index (κ3) is 3.45. The summed E-state index contributed by atoms with van der Waals surface area (Å²) in [5.41, 5.74) is 0.898. The zero-order valence-electron chi connectivity index (χ0n) is 13.7. The average molecular weight is 368 g/mol. The van der Waals surface area contributed by atoms with Crippen LogP contribution in [0, 0.1) is 11.6 Å². The second-order valence-electron chi connectivity index (χ2n) is 5.64. The van der Waals surface area contributed by atoms with Crippen LogP contribution in [-0.4, -0.2) is 46.0 Å². The minimum atomic E-state index is -3.85. The van der Waals surface area contributed by atoms with Crippen LogP contribution < -0.4 is 9.64 Å². The molecule has 0 atom stereocenters. The lowest BCUT2D eigenvalue weighted by molar-refractivity contribution is 0.378. The number of hydrogen-bond donors (Lipinski definition) is 0. The Morgan fingerprint density at radius 2 is 1.64 bits per heavy atom. The summed E-state index contributed by atoms with van der Waals surface area (Å²) in [5.74, 6) is -1.52. The number of piperazine rings is 1. The molecule has 1 saturated heterocycles. The molecule has 1 aliphatic rings. The van der Waals surface area contributed by atoms with Gasteiger partial charge in [-0.2, -0.15) is 4.31 Å². The van der Waals surface area contributed by atoms with Crippen molar-refractivity contribution in [1.29, 1.82) is 0 Å². The van der Waals surface area contributed by atoms with Crippen molar-refractivity contribution < 1.29 is 21.9 Å². The molecular weight excluding hydrogens is 350 g/mol. The summed E-state index contributed by atoms with van der Waals surface area (Å²) in [6, 6.07) is 10.2. The minimum absolute atomic E-state index is 0.239. The normalized spacial score (nSPS) is 16.0. The van der Waals surface area contributed by atoms with Gasteiger partial charge in [0.25, 0.3) is 0 Å². The number of sulfonamides is 1. The molecule has 134 valence electrons. The molecule has 25 heavy (non-hydrogen) atoms. The smallest absolute Gasteiger partial charge is 0.243 e. The minimum Gasteiger partial charge on any atom is -0.495 e. The van der Waals surface area contributed by atoms with E-state index >= 15 is 0 Å². The largest absolute Gasteiger partial charge is 0.495 e. The first-order valence-corrected chi connectivity index (χ1v) is 9.20. The predicted molar refractivity (Wildman–Crippen MR) is 90.3 cm³/mol. The van der Waals surface area contributed by atoms with Gasteiger partial charge in [0.05, 0.1) is 17.7 Å². The van der Waals surface area contributed by atoms with Crippen LogP contribution >= 0.6 is 0 Å². The standard InChI is InChI=1S/C17H18F2N2O3S/c1-24-17-5-3-2-4-16(17)20-8-10-21(11-9-20)25(22,23)13-6-7-14(18)15(19)12-13/h2-7,12H,8-11H2,1H3. The molecule has 0 amide bonds. The Morgan fingerprint density at radius 1 is 0.960 bits per heavy atom. The maximum atomic E-state index is 13.4. The van der Waals surface area contributed by atoms with Crippen molar-refractivity contribution in [3.8, 4) is 5.75 Å². The lowest BCUT2D eigenvalue weighted by atomic mass is 10.2. The molecule has 0 radical (unpaired) electrons. The van der Waals surface area contributed by atoms with E-state index in [1.54, 1.807) is 7.11 Å². The van der Waals surface area contributed by atoms with Gasteiger partial charge in [0.2, 0.25) is 10.0 Å². The summed E-state index contributed by atoms with van der Waals surface area (Å²) < 4.78 is 58.2. The number of anilines is 1. The van der Waals surface area contributed by atoms with Crippen LogP contribution in [0.25, 0.3) is 0 Å². The van der Waals surface area contributed by atoms with E-state index in [2.05, 4.69) is 0 Å². The molecule has 0 bridgehead atoms. The quantitative estimate of drug-likeness (QED) is 0.832. The molecule has 5 nitrogen and oxygen atoms in total. The summed E-state index contributed by atoms with van der Waals surface area (Å²) in [6.45, 7) is 1.45. The zero-order chi connectivity index (χ0) is 18.0. The van der Waals surface area contributed by atoms with Crippen molar-refractivity contribution in [3.63, 3.8) is 0 Å². The Labute approximate surface area is 145 Å². The van der Waals surface area contributed by atoms with Gasteiger partial charge in [-0.1, -0.05) is 12.1 Å². The lowest BCUT2D eigenvalue weighted by Gasteiger charge is -2.35. The number of rotatable bonds is 4. The molecule has 3 rings (SSSR count). The van der Waals surface area contributed by atoms with Gasteiger partial charge in [-0.15, -0.1) is 0 Å². The van der Waals surface area contributed by atoms with Crippen LogP contribution in [0.5, 0.6) is 5.75 Å². The van der Waals surface area contributed by atoms with E-state index in [9.17, 15) is 17.2 Å². The predicted octanol–water partition coefficient (Wildman–Crippen LogP) is 2.48. The number of hydrogen-bond acceptors (Lipinski definition) is 4. The number of nitrogens with zero attached hydrogens (tertiary/aromatic N) is 2. The summed E-state index contributed by atoms with van der Waals surface area (Å²) >= 11 is 0. The summed E-state index contributed by atoms with van der Waals surface area (Å²) in [6.07, 6.45) is 0. The molecule has 1 heterocycles.